The van der Waals surface area contributed by atoms with E-state index in [9.17, 15) is 30.8 Å². The van der Waals surface area contributed by atoms with E-state index in [0.29, 0.717) is 0 Å². The molecule has 0 bridgehead atoms. The number of hydrogen-bond donors (Lipinski definition) is 1. The Bertz CT molecular complexity index is 1290. The van der Waals surface area contributed by atoms with Crippen LogP contribution in [0.2, 0.25) is 0 Å². The fourth-order valence-electron chi connectivity index (χ4n) is 2.97. The minimum Gasteiger partial charge on any atom is -0.271 e. The van der Waals surface area contributed by atoms with Gasteiger partial charge in [-0.15, -0.1) is 0 Å². The van der Waals surface area contributed by atoms with Crippen molar-refractivity contribution >= 4 is 27.8 Å². The number of hydrazone groups is 1. The molecule has 178 valence electrons. The first-order valence-electron chi connectivity index (χ1n) is 9.81. The van der Waals surface area contributed by atoms with Crippen LogP contribution >= 0.6 is 0 Å². The third-order valence-electron chi connectivity index (χ3n) is 4.67. The molecule has 3 aromatic carbocycles. The van der Waals surface area contributed by atoms with Gasteiger partial charge in [-0.2, -0.15) is 18.3 Å². The molecule has 3 rings (SSSR count). The number of rotatable bonds is 7. The average molecular weight is 493 g/mol. The summed E-state index contributed by atoms with van der Waals surface area (Å²) >= 11 is 0. The highest BCUT2D eigenvalue weighted by Crippen LogP contribution is 2.31. The highest BCUT2D eigenvalue weighted by Gasteiger charge is 2.32. The summed E-state index contributed by atoms with van der Waals surface area (Å²) < 4.78 is 79.8. The average Bonchev–Trinajstić information content (AvgIpc) is 2.78. The molecule has 34 heavy (non-hydrogen) atoms. The number of amides is 1. The Morgan fingerprint density at radius 2 is 1.62 bits per heavy atom. The summed E-state index contributed by atoms with van der Waals surface area (Å²) in [5.74, 6) is -1.52. The summed E-state index contributed by atoms with van der Waals surface area (Å²) in [5.41, 5.74) is 1.65. The molecule has 6 nitrogen and oxygen atoms in total. The molecule has 0 aliphatic rings. The van der Waals surface area contributed by atoms with E-state index in [1.807, 2.05) is 5.43 Å². The quantitative estimate of drug-likeness (QED) is 0.299. The van der Waals surface area contributed by atoms with Gasteiger partial charge in [-0.25, -0.2) is 18.2 Å². The molecule has 0 saturated carbocycles. The highest BCUT2D eigenvalue weighted by atomic mass is 32.2. The zero-order valence-corrected chi connectivity index (χ0v) is 18.6. The summed E-state index contributed by atoms with van der Waals surface area (Å²) in [5, 5.41) is 3.54. The van der Waals surface area contributed by atoms with Gasteiger partial charge >= 0.3 is 6.18 Å². The van der Waals surface area contributed by atoms with Crippen molar-refractivity contribution in [3.63, 3.8) is 0 Å². The van der Waals surface area contributed by atoms with Crippen LogP contribution in [0.5, 0.6) is 0 Å². The summed E-state index contributed by atoms with van der Waals surface area (Å²) in [7, 11) is -4.23. The monoisotopic (exact) mass is 493 g/mol. The molecule has 0 aliphatic heterocycles. The van der Waals surface area contributed by atoms with Crippen LogP contribution in [0.15, 0.2) is 82.8 Å². The van der Waals surface area contributed by atoms with Crippen molar-refractivity contribution in [2.75, 3.05) is 10.8 Å². The van der Waals surface area contributed by atoms with Gasteiger partial charge < -0.3 is 0 Å². The van der Waals surface area contributed by atoms with Gasteiger partial charge in [0, 0.05) is 5.56 Å². The summed E-state index contributed by atoms with van der Waals surface area (Å²) in [4.78, 5) is 12.4. The van der Waals surface area contributed by atoms with E-state index in [-0.39, 0.29) is 16.1 Å². The molecule has 3 aromatic rings. The zero-order valence-electron chi connectivity index (χ0n) is 17.8. The largest absolute Gasteiger partial charge is 0.417 e. The number of carbonyl (C=O) groups excluding carboxylic acids is 1. The normalized spacial score (nSPS) is 12.0. The van der Waals surface area contributed by atoms with Crippen LogP contribution < -0.4 is 9.73 Å². The Hall–Kier alpha value is -3.73. The maximum atomic E-state index is 13.4. The van der Waals surface area contributed by atoms with Gasteiger partial charge in [-0.1, -0.05) is 35.9 Å². The number of alkyl halides is 3. The van der Waals surface area contributed by atoms with Crippen molar-refractivity contribution in [2.24, 2.45) is 5.10 Å². The molecule has 11 heteroatoms. The van der Waals surface area contributed by atoms with E-state index < -0.39 is 40.0 Å². The Kier molecular flexibility index (Phi) is 7.35. The molecular weight excluding hydrogens is 474 g/mol. The third-order valence-corrected chi connectivity index (χ3v) is 6.46. The van der Waals surface area contributed by atoms with Crippen molar-refractivity contribution in [3.8, 4) is 0 Å². The third kappa shape index (κ3) is 5.98. The summed E-state index contributed by atoms with van der Waals surface area (Å²) in [6, 6.07) is 15.0. The first-order valence-corrected chi connectivity index (χ1v) is 11.3. The van der Waals surface area contributed by atoms with Crippen molar-refractivity contribution in [1.29, 1.82) is 0 Å². The second kappa shape index (κ2) is 10.0. The topological polar surface area (TPSA) is 78.8 Å². The number of anilines is 1. The van der Waals surface area contributed by atoms with E-state index >= 15 is 0 Å². The fourth-order valence-corrected chi connectivity index (χ4v) is 4.39. The van der Waals surface area contributed by atoms with Crippen molar-refractivity contribution in [1.82, 2.24) is 5.43 Å². The van der Waals surface area contributed by atoms with Crippen LogP contribution in [0, 0.1) is 12.7 Å². The first-order chi connectivity index (χ1) is 16.0. The Morgan fingerprint density at radius 1 is 1.00 bits per heavy atom. The number of nitrogens with one attached hydrogen (secondary N) is 1. The van der Waals surface area contributed by atoms with E-state index in [4.69, 9.17) is 0 Å². The lowest BCUT2D eigenvalue weighted by Gasteiger charge is -2.23. The van der Waals surface area contributed by atoms with Gasteiger partial charge in [0.2, 0.25) is 0 Å². The van der Waals surface area contributed by atoms with Crippen LogP contribution in [-0.4, -0.2) is 27.1 Å². The van der Waals surface area contributed by atoms with E-state index in [0.717, 1.165) is 34.3 Å². The second-order valence-electron chi connectivity index (χ2n) is 7.18. The van der Waals surface area contributed by atoms with Gasteiger partial charge in [0.15, 0.2) is 0 Å². The lowest BCUT2D eigenvalue weighted by Crippen LogP contribution is -2.39. The first kappa shape index (κ1) is 24.9. The maximum absolute atomic E-state index is 13.4. The van der Waals surface area contributed by atoms with Crippen LogP contribution in [0.1, 0.15) is 16.7 Å². The molecular formula is C23H19F4N3O3S. The predicted octanol–water partition coefficient (Wildman–Crippen LogP) is 4.50. The van der Waals surface area contributed by atoms with Crippen molar-refractivity contribution in [2.45, 2.75) is 18.0 Å². The number of benzene rings is 3. The van der Waals surface area contributed by atoms with E-state index in [1.54, 1.807) is 19.1 Å². The molecule has 0 unspecified atom stereocenters. The minimum atomic E-state index is -4.62. The van der Waals surface area contributed by atoms with Crippen LogP contribution in [-0.2, 0) is 21.0 Å². The van der Waals surface area contributed by atoms with Gasteiger partial charge in [0.1, 0.15) is 12.4 Å². The van der Waals surface area contributed by atoms with Crippen LogP contribution in [0.3, 0.4) is 0 Å². The molecule has 0 aromatic heterocycles. The van der Waals surface area contributed by atoms with Crippen molar-refractivity contribution < 1.29 is 30.8 Å². The number of halogens is 4. The van der Waals surface area contributed by atoms with Gasteiger partial charge in [-0.05, 0) is 49.4 Å². The second-order valence-corrected chi connectivity index (χ2v) is 9.04. The molecule has 0 aliphatic carbocycles. The predicted molar refractivity (Wildman–Crippen MR) is 119 cm³/mol. The Morgan fingerprint density at radius 3 is 2.24 bits per heavy atom. The fraction of sp³-hybridized carbons (Fsp3) is 0.130. The lowest BCUT2D eigenvalue weighted by atomic mass is 10.1. The van der Waals surface area contributed by atoms with Gasteiger partial charge in [-0.3, -0.25) is 9.10 Å². The number of nitrogens with zero attached hydrogens (tertiary/aromatic N) is 2. The van der Waals surface area contributed by atoms with Crippen LogP contribution in [0.25, 0.3) is 0 Å². The SMILES string of the molecule is Cc1ccc(S(=O)(=O)N(CC(=O)N/N=C\c2ccccc2C(F)(F)F)c2ccc(F)cc2)cc1. The van der Waals surface area contributed by atoms with E-state index in [1.165, 1.54) is 42.5 Å². The standard InChI is InChI=1S/C23H19F4N3O3S/c1-16-6-12-20(13-7-16)34(32,33)30(19-10-8-18(24)9-11-19)15-22(31)29-28-14-17-4-2-3-5-21(17)23(25,26)27/h2-14H,15H2,1H3,(H,29,31)/b28-14-. The lowest BCUT2D eigenvalue weighted by molar-refractivity contribution is -0.137. The minimum absolute atomic E-state index is 0.0171. The molecule has 1 N–H and O–H groups in total. The molecule has 0 fully saturated rings. The van der Waals surface area contributed by atoms with Crippen LogP contribution in [0.4, 0.5) is 23.2 Å². The molecule has 0 spiro atoms. The molecule has 1 amide bonds. The Balaban J connectivity index is 1.85. The molecule has 0 heterocycles. The van der Waals surface area contributed by atoms with E-state index in [2.05, 4.69) is 5.10 Å². The number of aryl methyl sites for hydroxylation is 1. The van der Waals surface area contributed by atoms with Gasteiger partial charge in [0.25, 0.3) is 15.9 Å². The maximum Gasteiger partial charge on any atom is 0.417 e. The zero-order chi connectivity index (χ0) is 24.9. The molecule has 0 atom stereocenters. The Labute approximate surface area is 193 Å². The number of carbonyl (C=O) groups is 1. The smallest absolute Gasteiger partial charge is 0.271 e. The number of hydrogen-bond acceptors (Lipinski definition) is 4. The number of sulfonamides is 1. The summed E-state index contributed by atoms with van der Waals surface area (Å²) in [6.07, 6.45) is -3.80. The van der Waals surface area contributed by atoms with Gasteiger partial charge in [0.05, 0.1) is 22.4 Å². The summed E-state index contributed by atoms with van der Waals surface area (Å²) in [6.45, 7) is 1.02. The molecule has 0 radical (unpaired) electrons. The van der Waals surface area contributed by atoms with Crippen molar-refractivity contribution in [3.05, 3.63) is 95.3 Å². The highest BCUT2D eigenvalue weighted by molar-refractivity contribution is 7.92. The molecule has 0 saturated heterocycles.